The van der Waals surface area contributed by atoms with Gasteiger partial charge in [0.05, 0.1) is 6.10 Å². The van der Waals surface area contributed by atoms with E-state index < -0.39 is 0 Å². The van der Waals surface area contributed by atoms with Gasteiger partial charge in [-0.15, -0.1) is 0 Å². The predicted molar refractivity (Wildman–Crippen MR) is 60.7 cm³/mol. The van der Waals surface area contributed by atoms with Crippen molar-refractivity contribution < 1.29 is 4.74 Å². The van der Waals surface area contributed by atoms with Crippen molar-refractivity contribution in [1.29, 1.82) is 0 Å². The first kappa shape index (κ1) is 10.1. The molecule has 0 amide bonds. The first-order valence-electron chi connectivity index (χ1n) is 4.39. The molecule has 0 saturated carbocycles. The summed E-state index contributed by atoms with van der Waals surface area (Å²) < 4.78 is 5.62. The van der Waals surface area contributed by atoms with Gasteiger partial charge in [0.2, 0.25) is 0 Å². The van der Waals surface area contributed by atoms with E-state index in [1.54, 1.807) is 5.37 Å². The summed E-state index contributed by atoms with van der Waals surface area (Å²) >= 11 is 10.7. The summed E-state index contributed by atoms with van der Waals surface area (Å²) in [6.07, 6.45) is -0.0631. The lowest BCUT2D eigenvalue weighted by atomic mass is 10.1. The van der Waals surface area contributed by atoms with Gasteiger partial charge < -0.3 is 4.74 Å². The van der Waals surface area contributed by atoms with E-state index in [0.717, 1.165) is 17.1 Å². The average molecular weight is 228 g/mol. The second kappa shape index (κ2) is 4.36. The molecule has 2 nitrogen and oxygen atoms in total. The number of ether oxygens (including phenoxy) is 1. The molecule has 1 aromatic carbocycles. The molecule has 2 atom stereocenters. The summed E-state index contributed by atoms with van der Waals surface area (Å²) in [5.74, 6) is 0. The van der Waals surface area contributed by atoms with Crippen LogP contribution in [0.1, 0.15) is 11.7 Å². The number of hydrogen-bond donors (Lipinski definition) is 1. The molecule has 4 heteroatoms. The number of nitrogens with one attached hydrogen (secondary N) is 1. The number of benzene rings is 1. The zero-order valence-corrected chi connectivity index (χ0v) is 9.02. The molecule has 0 aliphatic carbocycles. The zero-order chi connectivity index (χ0) is 9.97. The van der Waals surface area contributed by atoms with Crippen LogP contribution in [0, 0.1) is 0 Å². The van der Waals surface area contributed by atoms with Crippen LogP contribution in [0.5, 0.6) is 0 Å². The van der Waals surface area contributed by atoms with Crippen LogP contribution in [0.2, 0.25) is 5.02 Å². The van der Waals surface area contributed by atoms with Crippen LogP contribution in [0.3, 0.4) is 0 Å². The maximum atomic E-state index is 5.89. The molecule has 1 aliphatic rings. The Kier molecular flexibility index (Phi) is 3.13. The molecule has 1 fully saturated rings. The Balaban J connectivity index is 2.13. The summed E-state index contributed by atoms with van der Waals surface area (Å²) in [6.45, 7) is 0.776. The minimum absolute atomic E-state index is 0.0536. The van der Waals surface area contributed by atoms with Crippen LogP contribution in [0.25, 0.3) is 0 Å². The highest BCUT2D eigenvalue weighted by Crippen LogP contribution is 2.24. The fourth-order valence-corrected chi connectivity index (χ4v) is 1.84. The third-order valence-corrected chi connectivity index (χ3v) is 2.64. The number of thiocarbonyl (C=S) groups is 1. The fourth-order valence-electron chi connectivity index (χ4n) is 1.48. The Morgan fingerprint density at radius 3 is 3.07 bits per heavy atom. The first-order valence-corrected chi connectivity index (χ1v) is 5.24. The van der Waals surface area contributed by atoms with Gasteiger partial charge in [0.1, 0.15) is 6.23 Å². The second-order valence-corrected chi connectivity index (χ2v) is 3.85. The molecular formula is C10H10ClNOS. The van der Waals surface area contributed by atoms with E-state index in [1.165, 1.54) is 0 Å². The molecule has 14 heavy (non-hydrogen) atoms. The fraction of sp³-hybridized carbons (Fsp3) is 0.300. The van der Waals surface area contributed by atoms with E-state index in [2.05, 4.69) is 5.32 Å². The minimum atomic E-state index is -0.117. The molecule has 2 unspecified atom stereocenters. The van der Waals surface area contributed by atoms with E-state index in [4.69, 9.17) is 28.6 Å². The molecular weight excluding hydrogens is 218 g/mol. The van der Waals surface area contributed by atoms with Crippen molar-refractivity contribution in [3.63, 3.8) is 0 Å². The topological polar surface area (TPSA) is 21.3 Å². The van der Waals surface area contributed by atoms with Crippen molar-refractivity contribution in [1.82, 2.24) is 5.32 Å². The maximum absolute atomic E-state index is 5.89. The average Bonchev–Trinajstić information content (AvgIpc) is 2.66. The summed E-state index contributed by atoms with van der Waals surface area (Å²) in [4.78, 5) is 0. The van der Waals surface area contributed by atoms with Crippen molar-refractivity contribution in [2.75, 3.05) is 6.54 Å². The molecule has 1 saturated heterocycles. The lowest BCUT2D eigenvalue weighted by Crippen LogP contribution is -2.22. The van der Waals surface area contributed by atoms with Crippen molar-refractivity contribution in [2.24, 2.45) is 0 Å². The van der Waals surface area contributed by atoms with Gasteiger partial charge in [-0.2, -0.15) is 0 Å². The third-order valence-electron chi connectivity index (χ3n) is 2.16. The Hall–Kier alpha value is -0.480. The Morgan fingerprint density at radius 2 is 2.43 bits per heavy atom. The maximum Gasteiger partial charge on any atom is 0.138 e. The molecule has 2 rings (SSSR count). The third kappa shape index (κ3) is 2.12. The molecule has 0 spiro atoms. The van der Waals surface area contributed by atoms with Crippen molar-refractivity contribution in [3.8, 4) is 0 Å². The van der Waals surface area contributed by atoms with Crippen molar-refractivity contribution in [2.45, 2.75) is 12.3 Å². The highest BCUT2D eigenvalue weighted by Gasteiger charge is 2.23. The monoisotopic (exact) mass is 227 g/mol. The van der Waals surface area contributed by atoms with Gasteiger partial charge in [0.15, 0.2) is 0 Å². The van der Waals surface area contributed by atoms with E-state index in [0.29, 0.717) is 0 Å². The smallest absolute Gasteiger partial charge is 0.138 e. The van der Waals surface area contributed by atoms with E-state index in [9.17, 15) is 0 Å². The minimum Gasteiger partial charge on any atom is -0.350 e. The summed E-state index contributed by atoms with van der Waals surface area (Å²) in [5.41, 5.74) is 1.09. The van der Waals surface area contributed by atoms with Crippen LogP contribution < -0.4 is 5.32 Å². The standard InChI is InChI=1S/C10H10ClNOS/c11-8-3-1-2-7(4-8)9-5-12-10(6-14)13-9/h1-4,6,9-10,12H,5H2. The number of hydrogen-bond acceptors (Lipinski definition) is 3. The van der Waals surface area contributed by atoms with Gasteiger partial charge in [-0.1, -0.05) is 36.0 Å². The Bertz CT molecular complexity index is 345. The van der Waals surface area contributed by atoms with Gasteiger partial charge in [-0.05, 0) is 17.7 Å². The predicted octanol–water partition coefficient (Wildman–Crippen LogP) is 2.33. The molecule has 1 N–H and O–H groups in total. The lowest BCUT2D eigenvalue weighted by Gasteiger charge is -2.09. The van der Waals surface area contributed by atoms with Crippen LogP contribution in [0.15, 0.2) is 24.3 Å². The normalized spacial score (nSPS) is 26.4. The molecule has 1 aromatic rings. The number of rotatable bonds is 2. The van der Waals surface area contributed by atoms with Crippen LogP contribution in [-0.4, -0.2) is 18.1 Å². The molecule has 0 aromatic heterocycles. The largest absolute Gasteiger partial charge is 0.350 e. The van der Waals surface area contributed by atoms with Crippen molar-refractivity contribution >= 4 is 29.2 Å². The van der Waals surface area contributed by atoms with E-state index >= 15 is 0 Å². The summed E-state index contributed by atoms with van der Waals surface area (Å²) in [6, 6.07) is 7.69. The highest BCUT2D eigenvalue weighted by molar-refractivity contribution is 7.79. The summed E-state index contributed by atoms with van der Waals surface area (Å²) in [7, 11) is 0. The van der Waals surface area contributed by atoms with Gasteiger partial charge in [0, 0.05) is 16.9 Å². The van der Waals surface area contributed by atoms with Gasteiger partial charge >= 0.3 is 0 Å². The SMILES string of the molecule is S=CC1NCC(c2cccc(Cl)c2)O1. The second-order valence-electron chi connectivity index (χ2n) is 3.14. The molecule has 1 aliphatic heterocycles. The first-order chi connectivity index (χ1) is 6.79. The van der Waals surface area contributed by atoms with Gasteiger partial charge in [-0.25, -0.2) is 0 Å². The molecule has 1 heterocycles. The van der Waals surface area contributed by atoms with Gasteiger partial charge in [0.25, 0.3) is 0 Å². The van der Waals surface area contributed by atoms with Crippen molar-refractivity contribution in [3.05, 3.63) is 34.9 Å². The van der Waals surface area contributed by atoms with Crippen LogP contribution in [0.4, 0.5) is 0 Å². The highest BCUT2D eigenvalue weighted by atomic mass is 35.5. The Morgan fingerprint density at radius 1 is 1.57 bits per heavy atom. The molecule has 0 radical (unpaired) electrons. The summed E-state index contributed by atoms with van der Waals surface area (Å²) in [5, 5.41) is 5.47. The van der Waals surface area contributed by atoms with Crippen LogP contribution >= 0.6 is 23.8 Å². The quantitative estimate of drug-likeness (QED) is 0.784. The van der Waals surface area contributed by atoms with E-state index in [-0.39, 0.29) is 12.3 Å². The van der Waals surface area contributed by atoms with E-state index in [1.807, 2.05) is 24.3 Å². The lowest BCUT2D eigenvalue weighted by molar-refractivity contribution is 0.0845. The Labute approximate surface area is 93.2 Å². The van der Waals surface area contributed by atoms with Crippen LogP contribution in [-0.2, 0) is 4.74 Å². The molecule has 74 valence electrons. The molecule has 0 bridgehead atoms. The van der Waals surface area contributed by atoms with Gasteiger partial charge in [-0.3, -0.25) is 5.32 Å². The number of halogens is 1. The zero-order valence-electron chi connectivity index (χ0n) is 7.44.